The normalized spacial score (nSPS) is 22.9. The Morgan fingerprint density at radius 1 is 0.875 bits per heavy atom. The monoisotopic (exact) mass is 115 g/mol. The molecule has 0 N–H and O–H groups in total. The van der Waals surface area contributed by atoms with E-state index in [1.807, 2.05) is 0 Å². The number of hydrogen-bond acceptors (Lipinski definition) is 0. The Hall–Kier alpha value is -0.200. The van der Waals surface area contributed by atoms with Crippen molar-refractivity contribution in [3.05, 3.63) is 6.17 Å². The first-order valence-corrected chi connectivity index (χ1v) is 3.40. The molecule has 0 aromatic carbocycles. The van der Waals surface area contributed by atoms with E-state index in [9.17, 15) is 4.39 Å². The standard InChI is InChI=1S/C7H12F/c8-7-5-3-1-2-4-6-7/h1-6H2/q+1. The maximum absolute atomic E-state index is 12.4. The van der Waals surface area contributed by atoms with Crippen molar-refractivity contribution in [2.24, 2.45) is 0 Å². The molecule has 1 aliphatic carbocycles. The van der Waals surface area contributed by atoms with E-state index in [0.717, 1.165) is 25.7 Å². The van der Waals surface area contributed by atoms with Crippen molar-refractivity contribution < 1.29 is 4.39 Å². The first-order valence-electron chi connectivity index (χ1n) is 3.40. The molecule has 0 spiro atoms. The summed E-state index contributed by atoms with van der Waals surface area (Å²) in [5.41, 5.74) is 0. The van der Waals surface area contributed by atoms with E-state index in [1.165, 1.54) is 12.8 Å². The maximum atomic E-state index is 12.4. The van der Waals surface area contributed by atoms with Gasteiger partial charge in [-0.3, -0.25) is 0 Å². The minimum atomic E-state index is 0.225. The van der Waals surface area contributed by atoms with E-state index < -0.39 is 0 Å². The second kappa shape index (κ2) is 2.95. The zero-order chi connectivity index (χ0) is 5.82. The third-order valence-electron chi connectivity index (χ3n) is 1.65. The number of hydrogen-bond donors (Lipinski definition) is 0. The summed E-state index contributed by atoms with van der Waals surface area (Å²) >= 11 is 0. The molecule has 0 nitrogen and oxygen atoms in total. The van der Waals surface area contributed by atoms with E-state index >= 15 is 0 Å². The summed E-state index contributed by atoms with van der Waals surface area (Å²) in [4.78, 5) is 0. The van der Waals surface area contributed by atoms with Crippen LogP contribution in [0.4, 0.5) is 4.39 Å². The summed E-state index contributed by atoms with van der Waals surface area (Å²) in [5.74, 6) is 0. The van der Waals surface area contributed by atoms with Crippen LogP contribution in [0.15, 0.2) is 0 Å². The predicted molar refractivity (Wildman–Crippen MR) is 32.1 cm³/mol. The van der Waals surface area contributed by atoms with Crippen molar-refractivity contribution in [1.82, 2.24) is 0 Å². The summed E-state index contributed by atoms with van der Waals surface area (Å²) in [7, 11) is 0. The second-order valence-corrected chi connectivity index (χ2v) is 2.43. The molecule has 0 saturated heterocycles. The summed E-state index contributed by atoms with van der Waals surface area (Å²) in [6.45, 7) is 0. The van der Waals surface area contributed by atoms with E-state index in [0.29, 0.717) is 0 Å². The summed E-state index contributed by atoms with van der Waals surface area (Å²) in [5, 5.41) is 0. The molecule has 0 amide bonds. The first kappa shape index (κ1) is 5.93. The molecule has 1 heteroatoms. The van der Waals surface area contributed by atoms with Crippen LogP contribution in [-0.2, 0) is 0 Å². The predicted octanol–water partition coefficient (Wildman–Crippen LogP) is 2.84. The molecular formula is C7H12F+. The molecule has 0 unspecified atom stereocenters. The number of rotatable bonds is 0. The Labute approximate surface area is 50.1 Å². The zero-order valence-electron chi connectivity index (χ0n) is 5.12. The fourth-order valence-corrected chi connectivity index (χ4v) is 1.11. The molecule has 8 heavy (non-hydrogen) atoms. The highest BCUT2D eigenvalue weighted by molar-refractivity contribution is 4.78. The van der Waals surface area contributed by atoms with Crippen LogP contribution in [-0.4, -0.2) is 0 Å². The van der Waals surface area contributed by atoms with Gasteiger partial charge in [-0.2, -0.15) is 0 Å². The van der Waals surface area contributed by atoms with Gasteiger partial charge in [-0.05, 0) is 30.1 Å². The Bertz CT molecular complexity index is 53.4. The smallest absolute Gasteiger partial charge is 0.0489 e. The van der Waals surface area contributed by atoms with Crippen LogP contribution >= 0.6 is 0 Å². The van der Waals surface area contributed by atoms with Gasteiger partial charge >= 0.3 is 0 Å². The molecule has 0 atom stereocenters. The topological polar surface area (TPSA) is 0 Å². The second-order valence-electron chi connectivity index (χ2n) is 2.43. The van der Waals surface area contributed by atoms with E-state index in [-0.39, 0.29) is 6.17 Å². The zero-order valence-corrected chi connectivity index (χ0v) is 5.12. The van der Waals surface area contributed by atoms with Crippen molar-refractivity contribution in [1.29, 1.82) is 0 Å². The molecular weight excluding hydrogens is 103 g/mol. The van der Waals surface area contributed by atoms with E-state index in [4.69, 9.17) is 0 Å². The molecule has 46 valence electrons. The molecule has 1 fully saturated rings. The van der Waals surface area contributed by atoms with Crippen LogP contribution in [0.1, 0.15) is 38.5 Å². The van der Waals surface area contributed by atoms with Crippen molar-refractivity contribution >= 4 is 0 Å². The third-order valence-corrected chi connectivity index (χ3v) is 1.65. The minimum absolute atomic E-state index is 0.225. The fraction of sp³-hybridized carbons (Fsp3) is 0.857. The van der Waals surface area contributed by atoms with E-state index in [2.05, 4.69) is 0 Å². The van der Waals surface area contributed by atoms with Crippen LogP contribution in [0.25, 0.3) is 0 Å². The molecule has 0 aromatic rings. The highest BCUT2D eigenvalue weighted by atomic mass is 19.1. The van der Waals surface area contributed by atoms with Crippen LogP contribution in [0.2, 0.25) is 0 Å². The van der Waals surface area contributed by atoms with Gasteiger partial charge in [0.15, 0.2) is 0 Å². The van der Waals surface area contributed by atoms with Crippen molar-refractivity contribution in [2.75, 3.05) is 0 Å². The Balaban J connectivity index is 2.17. The molecule has 0 aliphatic heterocycles. The van der Waals surface area contributed by atoms with Crippen LogP contribution in [0.5, 0.6) is 0 Å². The van der Waals surface area contributed by atoms with Crippen molar-refractivity contribution in [2.45, 2.75) is 38.5 Å². The third kappa shape index (κ3) is 1.73. The minimum Gasteiger partial charge on any atom is -0.0489 e. The largest absolute Gasteiger partial charge is 0.299 e. The van der Waals surface area contributed by atoms with Crippen LogP contribution < -0.4 is 0 Å². The van der Waals surface area contributed by atoms with Gasteiger partial charge in [0, 0.05) is 0 Å². The van der Waals surface area contributed by atoms with Gasteiger partial charge in [-0.25, -0.2) is 0 Å². The average Bonchev–Trinajstić information content (AvgIpc) is 1.94. The molecule has 1 aliphatic rings. The Morgan fingerprint density at radius 2 is 1.38 bits per heavy atom. The van der Waals surface area contributed by atoms with Gasteiger partial charge < -0.3 is 0 Å². The van der Waals surface area contributed by atoms with Crippen LogP contribution in [0, 0.1) is 6.17 Å². The lowest BCUT2D eigenvalue weighted by atomic mass is 10.2. The SMILES string of the molecule is F[C+]1CCCCCC1. The molecule has 1 rings (SSSR count). The highest BCUT2D eigenvalue weighted by Gasteiger charge is 2.21. The van der Waals surface area contributed by atoms with Gasteiger partial charge in [-0.1, -0.05) is 0 Å². The summed E-state index contributed by atoms with van der Waals surface area (Å²) < 4.78 is 12.4. The van der Waals surface area contributed by atoms with Gasteiger partial charge in [-0.15, -0.1) is 0 Å². The Morgan fingerprint density at radius 3 is 1.88 bits per heavy atom. The Kier molecular flexibility index (Phi) is 2.19. The quantitative estimate of drug-likeness (QED) is 0.336. The lowest BCUT2D eigenvalue weighted by Gasteiger charge is -1.83. The molecule has 0 heterocycles. The van der Waals surface area contributed by atoms with Gasteiger partial charge in [0.25, 0.3) is 6.17 Å². The first-order chi connectivity index (χ1) is 3.89. The average molecular weight is 115 g/mol. The lowest BCUT2D eigenvalue weighted by molar-refractivity contribution is 0.432. The maximum Gasteiger partial charge on any atom is 0.299 e. The van der Waals surface area contributed by atoms with E-state index in [1.54, 1.807) is 0 Å². The van der Waals surface area contributed by atoms with Crippen molar-refractivity contribution in [3.8, 4) is 0 Å². The molecule has 0 bridgehead atoms. The summed E-state index contributed by atoms with van der Waals surface area (Å²) in [6, 6.07) is 0. The van der Waals surface area contributed by atoms with Gasteiger partial charge in [0.05, 0.1) is 0 Å². The fourth-order valence-electron chi connectivity index (χ4n) is 1.11. The number of halogens is 1. The lowest BCUT2D eigenvalue weighted by Crippen LogP contribution is -1.83. The van der Waals surface area contributed by atoms with Gasteiger partial charge in [0.1, 0.15) is 12.8 Å². The molecule has 0 radical (unpaired) electrons. The summed E-state index contributed by atoms with van der Waals surface area (Å²) in [6.07, 6.45) is 6.31. The van der Waals surface area contributed by atoms with Crippen molar-refractivity contribution in [3.63, 3.8) is 0 Å². The molecule has 1 saturated carbocycles. The molecule has 0 aromatic heterocycles. The van der Waals surface area contributed by atoms with Gasteiger partial charge in [0.2, 0.25) is 0 Å². The highest BCUT2D eigenvalue weighted by Crippen LogP contribution is 2.24. The van der Waals surface area contributed by atoms with Crippen LogP contribution in [0.3, 0.4) is 0 Å².